The van der Waals surface area contributed by atoms with Crippen molar-refractivity contribution >= 4 is 11.3 Å². The first-order valence-electron chi connectivity index (χ1n) is 5.79. The summed E-state index contributed by atoms with van der Waals surface area (Å²) in [5.41, 5.74) is 3.02. The van der Waals surface area contributed by atoms with Crippen LogP contribution in [0.3, 0.4) is 0 Å². The van der Waals surface area contributed by atoms with Gasteiger partial charge in [0.1, 0.15) is 0 Å². The van der Waals surface area contributed by atoms with E-state index in [1.807, 2.05) is 11.3 Å². The Labute approximate surface area is 95.8 Å². The van der Waals surface area contributed by atoms with E-state index >= 15 is 0 Å². The van der Waals surface area contributed by atoms with Gasteiger partial charge < -0.3 is 0 Å². The zero-order valence-electron chi connectivity index (χ0n) is 9.28. The number of hydrogen-bond acceptors (Lipinski definition) is 3. The van der Waals surface area contributed by atoms with Crippen LogP contribution in [-0.2, 0) is 6.42 Å². The SMILES string of the molecule is CC1CCCC1C(Cc1cccs1)NN. The standard InChI is InChI=1S/C12H20N2S/c1-9-4-2-6-11(9)12(14-13)8-10-5-3-7-15-10/h3,5,7,9,11-12,14H,2,4,6,8,13H2,1H3. The molecule has 1 aromatic rings. The molecule has 0 amide bonds. The minimum absolute atomic E-state index is 0.459. The first-order chi connectivity index (χ1) is 7.31. The van der Waals surface area contributed by atoms with Crippen molar-refractivity contribution in [1.29, 1.82) is 0 Å². The second-order valence-corrected chi connectivity index (χ2v) is 5.66. The molecule has 0 spiro atoms. The first-order valence-corrected chi connectivity index (χ1v) is 6.67. The summed E-state index contributed by atoms with van der Waals surface area (Å²) in [6.45, 7) is 2.36. The summed E-state index contributed by atoms with van der Waals surface area (Å²) in [6, 6.07) is 4.78. The van der Waals surface area contributed by atoms with Crippen molar-refractivity contribution < 1.29 is 0 Å². The predicted octanol–water partition coefficient (Wildman–Crippen LogP) is 2.56. The lowest BCUT2D eigenvalue weighted by Gasteiger charge is -2.25. The van der Waals surface area contributed by atoms with Crippen molar-refractivity contribution in [3.63, 3.8) is 0 Å². The van der Waals surface area contributed by atoms with Gasteiger partial charge in [0.15, 0.2) is 0 Å². The van der Waals surface area contributed by atoms with Crippen molar-refractivity contribution in [3.05, 3.63) is 22.4 Å². The van der Waals surface area contributed by atoms with E-state index in [-0.39, 0.29) is 0 Å². The van der Waals surface area contributed by atoms with Gasteiger partial charge >= 0.3 is 0 Å². The van der Waals surface area contributed by atoms with Crippen molar-refractivity contribution in [2.45, 2.75) is 38.6 Å². The third-order valence-corrected chi connectivity index (χ3v) is 4.56. The van der Waals surface area contributed by atoms with Gasteiger partial charge in [0, 0.05) is 10.9 Å². The first kappa shape index (κ1) is 11.1. The highest BCUT2D eigenvalue weighted by Crippen LogP contribution is 2.34. The Balaban J connectivity index is 1.97. The predicted molar refractivity (Wildman–Crippen MR) is 65.6 cm³/mol. The minimum Gasteiger partial charge on any atom is -0.271 e. The molecule has 3 unspecified atom stereocenters. The monoisotopic (exact) mass is 224 g/mol. The van der Waals surface area contributed by atoms with Crippen molar-refractivity contribution in [3.8, 4) is 0 Å². The molecule has 1 heterocycles. The molecule has 1 saturated carbocycles. The molecule has 0 aliphatic heterocycles. The molecule has 1 aliphatic carbocycles. The minimum atomic E-state index is 0.459. The Bertz CT molecular complexity index is 284. The second-order valence-electron chi connectivity index (χ2n) is 4.63. The van der Waals surface area contributed by atoms with Gasteiger partial charge in [0.2, 0.25) is 0 Å². The molecule has 1 aliphatic rings. The molecule has 1 aromatic heterocycles. The van der Waals surface area contributed by atoms with Gasteiger partial charge in [-0.2, -0.15) is 0 Å². The lowest BCUT2D eigenvalue weighted by molar-refractivity contribution is 0.298. The lowest BCUT2D eigenvalue weighted by Crippen LogP contribution is -2.43. The number of nitrogens with two attached hydrogens (primary N) is 1. The maximum Gasteiger partial charge on any atom is 0.0289 e. The number of hydrazine groups is 1. The van der Waals surface area contributed by atoms with Crippen LogP contribution in [0.5, 0.6) is 0 Å². The Morgan fingerprint density at radius 3 is 3.00 bits per heavy atom. The Hall–Kier alpha value is -0.380. The van der Waals surface area contributed by atoms with Crippen molar-refractivity contribution in [2.24, 2.45) is 17.7 Å². The van der Waals surface area contributed by atoms with E-state index in [9.17, 15) is 0 Å². The largest absolute Gasteiger partial charge is 0.271 e. The number of nitrogens with one attached hydrogen (secondary N) is 1. The molecule has 15 heavy (non-hydrogen) atoms. The normalized spacial score (nSPS) is 28.1. The van der Waals surface area contributed by atoms with E-state index in [1.165, 1.54) is 24.1 Å². The third-order valence-electron chi connectivity index (χ3n) is 3.66. The molecule has 0 aromatic carbocycles. The van der Waals surface area contributed by atoms with Gasteiger partial charge in [-0.1, -0.05) is 25.8 Å². The summed E-state index contributed by atoms with van der Waals surface area (Å²) in [5.74, 6) is 7.27. The fraction of sp³-hybridized carbons (Fsp3) is 0.667. The Kier molecular flexibility index (Phi) is 3.78. The van der Waals surface area contributed by atoms with Crippen LogP contribution in [0.1, 0.15) is 31.1 Å². The van der Waals surface area contributed by atoms with Gasteiger partial charge in [-0.05, 0) is 36.1 Å². The van der Waals surface area contributed by atoms with Crippen LogP contribution < -0.4 is 11.3 Å². The molecule has 2 nitrogen and oxygen atoms in total. The highest BCUT2D eigenvalue weighted by atomic mass is 32.1. The number of hydrogen-bond donors (Lipinski definition) is 2. The topological polar surface area (TPSA) is 38.0 Å². The smallest absolute Gasteiger partial charge is 0.0289 e. The average Bonchev–Trinajstić information content (AvgIpc) is 2.85. The molecule has 0 saturated heterocycles. The zero-order chi connectivity index (χ0) is 10.7. The molecule has 2 rings (SSSR count). The average molecular weight is 224 g/mol. The van der Waals surface area contributed by atoms with E-state index < -0.39 is 0 Å². The van der Waals surface area contributed by atoms with Crippen molar-refractivity contribution in [2.75, 3.05) is 0 Å². The Morgan fingerprint density at radius 1 is 1.60 bits per heavy atom. The second kappa shape index (κ2) is 5.10. The summed E-state index contributed by atoms with van der Waals surface area (Å²) in [7, 11) is 0. The molecule has 0 radical (unpaired) electrons. The van der Waals surface area contributed by atoms with Crippen LogP contribution in [0.4, 0.5) is 0 Å². The molecule has 3 N–H and O–H groups in total. The highest BCUT2D eigenvalue weighted by molar-refractivity contribution is 7.09. The number of thiophene rings is 1. The van der Waals surface area contributed by atoms with Gasteiger partial charge in [-0.25, -0.2) is 0 Å². The van der Waals surface area contributed by atoms with Gasteiger partial charge in [-0.3, -0.25) is 11.3 Å². The summed E-state index contributed by atoms with van der Waals surface area (Å²) in [4.78, 5) is 1.44. The maximum atomic E-state index is 5.69. The Morgan fingerprint density at radius 2 is 2.47 bits per heavy atom. The van der Waals surface area contributed by atoms with Crippen LogP contribution in [0.2, 0.25) is 0 Å². The van der Waals surface area contributed by atoms with Gasteiger partial charge in [0.05, 0.1) is 0 Å². The molecule has 0 bridgehead atoms. The van der Waals surface area contributed by atoms with Gasteiger partial charge in [0.25, 0.3) is 0 Å². The van der Waals surface area contributed by atoms with Crippen LogP contribution >= 0.6 is 11.3 Å². The number of rotatable bonds is 4. The highest BCUT2D eigenvalue weighted by Gasteiger charge is 2.30. The molecular formula is C12H20N2S. The van der Waals surface area contributed by atoms with Crippen LogP contribution in [0.25, 0.3) is 0 Å². The quantitative estimate of drug-likeness (QED) is 0.609. The van der Waals surface area contributed by atoms with Crippen LogP contribution in [-0.4, -0.2) is 6.04 Å². The molecule has 84 valence electrons. The fourth-order valence-corrected chi connectivity index (χ4v) is 3.52. The van der Waals surface area contributed by atoms with E-state index in [0.717, 1.165) is 18.3 Å². The van der Waals surface area contributed by atoms with E-state index in [4.69, 9.17) is 5.84 Å². The molecule has 3 atom stereocenters. The van der Waals surface area contributed by atoms with Gasteiger partial charge in [-0.15, -0.1) is 11.3 Å². The maximum absolute atomic E-state index is 5.69. The third kappa shape index (κ3) is 2.60. The van der Waals surface area contributed by atoms with Crippen LogP contribution in [0.15, 0.2) is 17.5 Å². The van der Waals surface area contributed by atoms with Crippen LogP contribution in [0, 0.1) is 11.8 Å². The lowest BCUT2D eigenvalue weighted by atomic mass is 9.88. The van der Waals surface area contributed by atoms with E-state index in [2.05, 4.69) is 29.9 Å². The molecular weight excluding hydrogens is 204 g/mol. The summed E-state index contributed by atoms with van der Waals surface area (Å²) >= 11 is 1.83. The zero-order valence-corrected chi connectivity index (χ0v) is 10.1. The molecule has 1 fully saturated rings. The van der Waals surface area contributed by atoms with Crippen molar-refractivity contribution in [1.82, 2.24) is 5.43 Å². The fourth-order valence-electron chi connectivity index (χ4n) is 2.75. The van der Waals surface area contributed by atoms with E-state index in [0.29, 0.717) is 6.04 Å². The van der Waals surface area contributed by atoms with E-state index in [1.54, 1.807) is 0 Å². The molecule has 3 heteroatoms. The summed E-state index contributed by atoms with van der Waals surface area (Å²) in [5, 5.41) is 2.14. The summed E-state index contributed by atoms with van der Waals surface area (Å²) in [6.07, 6.45) is 5.16. The summed E-state index contributed by atoms with van der Waals surface area (Å²) < 4.78 is 0.